The first-order chi connectivity index (χ1) is 10.1. The summed E-state index contributed by atoms with van der Waals surface area (Å²) in [4.78, 5) is 14.9. The number of rotatable bonds is 2. The molecule has 0 atom stereocenters. The Labute approximate surface area is 127 Å². The minimum Gasteiger partial charge on any atom is -0.397 e. The average Bonchev–Trinajstić information content (AvgIpc) is 2.85. The smallest absolute Gasteiger partial charge is 0.266 e. The van der Waals surface area contributed by atoms with Gasteiger partial charge in [-0.25, -0.2) is 4.39 Å². The summed E-state index contributed by atoms with van der Waals surface area (Å²) in [6.45, 7) is 0. The number of nitrogens with zero attached hydrogens (tertiary/aromatic N) is 1. The molecule has 0 aliphatic heterocycles. The van der Waals surface area contributed by atoms with Crippen LogP contribution in [0.5, 0.6) is 0 Å². The van der Waals surface area contributed by atoms with Crippen molar-refractivity contribution < 1.29 is 9.18 Å². The molecule has 0 unspecified atom stereocenters. The van der Waals surface area contributed by atoms with Crippen LogP contribution in [0.2, 0.25) is 0 Å². The number of halogens is 1. The minimum atomic E-state index is -0.361. The summed E-state index contributed by atoms with van der Waals surface area (Å²) in [5.74, 6) is -0.444. The number of hydrogen-bond donors (Lipinski definition) is 1. The summed E-state index contributed by atoms with van der Waals surface area (Å²) in [7, 11) is 1.83. The van der Waals surface area contributed by atoms with E-state index in [1.807, 2.05) is 7.05 Å². The van der Waals surface area contributed by atoms with Crippen molar-refractivity contribution in [3.8, 4) is 0 Å². The lowest BCUT2D eigenvalue weighted by atomic mass is 9.94. The summed E-state index contributed by atoms with van der Waals surface area (Å²) >= 11 is 1.28. The third-order valence-corrected chi connectivity index (χ3v) is 5.50. The zero-order chi connectivity index (χ0) is 15.0. The number of nitrogen functional groups attached to an aromatic ring is 1. The lowest BCUT2D eigenvalue weighted by molar-refractivity contribution is 0.0702. The molecule has 112 valence electrons. The first-order valence-corrected chi connectivity index (χ1v) is 8.15. The first kappa shape index (κ1) is 14.3. The summed E-state index contributed by atoms with van der Waals surface area (Å²) in [5.41, 5.74) is 6.31. The van der Waals surface area contributed by atoms with Crippen LogP contribution in [0, 0.1) is 5.82 Å². The molecule has 2 aromatic rings. The molecule has 3 nitrogen and oxygen atoms in total. The van der Waals surface area contributed by atoms with Gasteiger partial charge in [-0.3, -0.25) is 4.79 Å². The molecule has 5 heteroatoms. The van der Waals surface area contributed by atoms with Gasteiger partial charge in [0.2, 0.25) is 0 Å². The standard InChI is InChI=1S/C16H19FN2OS/c1-19(10-6-3-2-4-7-10)16(20)15-14(18)13-11(17)8-5-9-12(13)21-15/h5,8-10H,2-4,6-7,18H2,1H3. The third-order valence-electron chi connectivity index (χ3n) is 4.34. The highest BCUT2D eigenvalue weighted by molar-refractivity contribution is 7.21. The maximum atomic E-state index is 13.9. The van der Waals surface area contributed by atoms with Gasteiger partial charge in [-0.2, -0.15) is 0 Å². The van der Waals surface area contributed by atoms with Crippen LogP contribution in [0.25, 0.3) is 10.1 Å². The van der Waals surface area contributed by atoms with Crippen LogP contribution in [0.15, 0.2) is 18.2 Å². The van der Waals surface area contributed by atoms with Crippen molar-refractivity contribution in [2.75, 3.05) is 12.8 Å². The molecular formula is C16H19FN2OS. The molecule has 1 aromatic carbocycles. The van der Waals surface area contributed by atoms with Crippen LogP contribution in [0.3, 0.4) is 0 Å². The van der Waals surface area contributed by atoms with Gasteiger partial charge in [0.05, 0.1) is 11.1 Å². The highest BCUT2D eigenvalue weighted by Crippen LogP contribution is 2.36. The summed E-state index contributed by atoms with van der Waals surface area (Å²) in [5, 5.41) is 0.378. The lowest BCUT2D eigenvalue weighted by Crippen LogP contribution is -2.38. The van der Waals surface area contributed by atoms with Crippen molar-refractivity contribution in [2.24, 2.45) is 0 Å². The van der Waals surface area contributed by atoms with Gasteiger partial charge >= 0.3 is 0 Å². The third kappa shape index (κ3) is 2.50. The maximum absolute atomic E-state index is 13.9. The fraction of sp³-hybridized carbons (Fsp3) is 0.438. The average molecular weight is 306 g/mol. The van der Waals surface area contributed by atoms with Gasteiger partial charge < -0.3 is 10.6 Å². The van der Waals surface area contributed by atoms with Crippen LogP contribution in [-0.4, -0.2) is 23.9 Å². The Balaban J connectivity index is 1.94. The van der Waals surface area contributed by atoms with E-state index < -0.39 is 0 Å². The molecule has 1 amide bonds. The number of hydrogen-bond acceptors (Lipinski definition) is 3. The maximum Gasteiger partial charge on any atom is 0.266 e. The van der Waals surface area contributed by atoms with Gasteiger partial charge in [0.25, 0.3) is 5.91 Å². The van der Waals surface area contributed by atoms with E-state index in [2.05, 4.69) is 0 Å². The van der Waals surface area contributed by atoms with Crippen molar-refractivity contribution >= 4 is 33.0 Å². The van der Waals surface area contributed by atoms with Crippen LogP contribution < -0.4 is 5.73 Å². The van der Waals surface area contributed by atoms with E-state index >= 15 is 0 Å². The monoisotopic (exact) mass is 306 g/mol. The second kappa shape index (κ2) is 5.64. The Morgan fingerprint density at radius 3 is 2.71 bits per heavy atom. The van der Waals surface area contributed by atoms with Gasteiger partial charge in [0.1, 0.15) is 10.7 Å². The Morgan fingerprint density at radius 1 is 1.33 bits per heavy atom. The molecule has 1 aliphatic rings. The van der Waals surface area contributed by atoms with Gasteiger partial charge in [-0.1, -0.05) is 25.3 Å². The van der Waals surface area contributed by atoms with E-state index in [-0.39, 0.29) is 23.5 Å². The van der Waals surface area contributed by atoms with E-state index in [9.17, 15) is 9.18 Å². The SMILES string of the molecule is CN(C(=O)c1sc2cccc(F)c2c1N)C1CCCCC1. The van der Waals surface area contributed by atoms with Gasteiger partial charge in [-0.05, 0) is 25.0 Å². The molecule has 2 N–H and O–H groups in total. The molecule has 1 saturated carbocycles. The van der Waals surface area contributed by atoms with Crippen molar-refractivity contribution in [2.45, 2.75) is 38.1 Å². The predicted molar refractivity (Wildman–Crippen MR) is 85.2 cm³/mol. The fourth-order valence-corrected chi connectivity index (χ4v) is 4.20. The topological polar surface area (TPSA) is 46.3 Å². The van der Waals surface area contributed by atoms with E-state index in [0.29, 0.717) is 10.3 Å². The Kier molecular flexibility index (Phi) is 3.85. The molecule has 3 rings (SSSR count). The number of fused-ring (bicyclic) bond motifs is 1. The molecule has 1 aromatic heterocycles. The highest BCUT2D eigenvalue weighted by Gasteiger charge is 2.26. The van der Waals surface area contributed by atoms with Crippen LogP contribution in [0.1, 0.15) is 41.8 Å². The summed E-state index contributed by atoms with van der Waals surface area (Å²) in [6.07, 6.45) is 5.66. The van der Waals surface area contributed by atoms with Crippen molar-refractivity contribution in [3.63, 3.8) is 0 Å². The Morgan fingerprint density at radius 2 is 2.05 bits per heavy atom. The molecule has 21 heavy (non-hydrogen) atoms. The van der Waals surface area contributed by atoms with Gasteiger partial charge in [0.15, 0.2) is 0 Å². The number of carbonyl (C=O) groups is 1. The zero-order valence-corrected chi connectivity index (χ0v) is 12.9. The van der Waals surface area contributed by atoms with E-state index in [4.69, 9.17) is 5.73 Å². The van der Waals surface area contributed by atoms with E-state index in [1.165, 1.54) is 36.7 Å². The quantitative estimate of drug-likeness (QED) is 0.910. The Hall–Kier alpha value is -1.62. The van der Waals surface area contributed by atoms with Gasteiger partial charge in [-0.15, -0.1) is 11.3 Å². The number of anilines is 1. The van der Waals surface area contributed by atoms with Crippen molar-refractivity contribution in [3.05, 3.63) is 28.9 Å². The van der Waals surface area contributed by atoms with Gasteiger partial charge in [0, 0.05) is 17.8 Å². The second-order valence-corrected chi connectivity index (χ2v) is 6.72. The van der Waals surface area contributed by atoms with E-state index in [0.717, 1.165) is 17.5 Å². The van der Waals surface area contributed by atoms with Crippen molar-refractivity contribution in [1.29, 1.82) is 0 Å². The zero-order valence-electron chi connectivity index (χ0n) is 12.1. The predicted octanol–water partition coefficient (Wildman–Crippen LogP) is 4.03. The molecule has 0 bridgehead atoms. The Bertz CT molecular complexity index is 676. The molecular weight excluding hydrogens is 287 g/mol. The van der Waals surface area contributed by atoms with Crippen LogP contribution in [0.4, 0.5) is 10.1 Å². The molecule has 1 heterocycles. The lowest BCUT2D eigenvalue weighted by Gasteiger charge is -2.31. The summed E-state index contributed by atoms with van der Waals surface area (Å²) < 4.78 is 14.6. The molecule has 1 aliphatic carbocycles. The second-order valence-electron chi connectivity index (χ2n) is 5.67. The number of nitrogens with two attached hydrogens (primary N) is 1. The number of thiophene rings is 1. The molecule has 1 fully saturated rings. The fourth-order valence-electron chi connectivity index (χ4n) is 3.08. The number of benzene rings is 1. The number of amides is 1. The molecule has 0 spiro atoms. The molecule has 0 saturated heterocycles. The van der Waals surface area contributed by atoms with E-state index in [1.54, 1.807) is 17.0 Å². The summed E-state index contributed by atoms with van der Waals surface area (Å²) in [6, 6.07) is 5.11. The first-order valence-electron chi connectivity index (χ1n) is 7.33. The highest BCUT2D eigenvalue weighted by atomic mass is 32.1. The van der Waals surface area contributed by atoms with Crippen molar-refractivity contribution in [1.82, 2.24) is 4.90 Å². The van der Waals surface area contributed by atoms with Crippen LogP contribution in [-0.2, 0) is 0 Å². The normalized spacial score (nSPS) is 16.3. The molecule has 0 radical (unpaired) electrons. The largest absolute Gasteiger partial charge is 0.397 e. The number of carbonyl (C=O) groups excluding carboxylic acids is 1. The minimum absolute atomic E-state index is 0.0833. The van der Waals surface area contributed by atoms with Crippen LogP contribution >= 0.6 is 11.3 Å².